The first-order chi connectivity index (χ1) is 11.3. The van der Waals surface area contributed by atoms with E-state index in [1.165, 1.54) is 23.1 Å². The van der Waals surface area contributed by atoms with E-state index in [1.54, 1.807) is 23.8 Å². The fraction of sp³-hybridized carbons (Fsp3) is 0.118. The highest BCUT2D eigenvalue weighted by atomic mass is 32.1. The summed E-state index contributed by atoms with van der Waals surface area (Å²) in [4.78, 5) is 16.4. The lowest BCUT2D eigenvalue weighted by Crippen LogP contribution is -2.17. The number of furan rings is 1. The summed E-state index contributed by atoms with van der Waals surface area (Å²) in [6, 6.07) is 11.7. The Morgan fingerprint density at radius 1 is 1.35 bits per heavy atom. The van der Waals surface area contributed by atoms with Gasteiger partial charge in [0.25, 0.3) is 5.91 Å². The molecular formula is C17H15N3O2S. The number of hydrogen-bond donors (Lipinski definition) is 1. The first-order valence-corrected chi connectivity index (χ1v) is 8.06. The second kappa shape index (κ2) is 7.02. The van der Waals surface area contributed by atoms with Crippen LogP contribution in [0, 0.1) is 0 Å². The van der Waals surface area contributed by atoms with E-state index < -0.39 is 0 Å². The number of hydrogen-bond acceptors (Lipinski definition) is 5. The molecule has 0 saturated carbocycles. The van der Waals surface area contributed by atoms with Gasteiger partial charge in [-0.3, -0.25) is 4.79 Å². The summed E-state index contributed by atoms with van der Waals surface area (Å²) in [5, 5.41) is 6.38. The molecule has 1 aromatic carbocycles. The summed E-state index contributed by atoms with van der Waals surface area (Å²) in [6.45, 7) is 2.12. The number of carbonyl (C=O) groups excluding carboxylic acids is 1. The van der Waals surface area contributed by atoms with Gasteiger partial charge < -0.3 is 4.42 Å². The Bertz CT molecular complexity index is 805. The molecule has 0 aliphatic heterocycles. The molecule has 3 rings (SSSR count). The molecule has 23 heavy (non-hydrogen) atoms. The van der Waals surface area contributed by atoms with Gasteiger partial charge in [0, 0.05) is 10.9 Å². The molecule has 116 valence electrons. The minimum Gasteiger partial charge on any atom is -0.463 e. The quantitative estimate of drug-likeness (QED) is 0.574. The molecule has 3 aromatic rings. The second-order valence-electron chi connectivity index (χ2n) is 4.80. The molecule has 6 heteroatoms. The van der Waals surface area contributed by atoms with Crippen molar-refractivity contribution in [1.82, 2.24) is 10.4 Å². The zero-order valence-corrected chi connectivity index (χ0v) is 13.3. The van der Waals surface area contributed by atoms with Gasteiger partial charge in [-0.1, -0.05) is 31.2 Å². The average molecular weight is 325 g/mol. The van der Waals surface area contributed by atoms with Gasteiger partial charge in [-0.25, -0.2) is 10.4 Å². The van der Waals surface area contributed by atoms with E-state index in [4.69, 9.17) is 4.42 Å². The third-order valence-corrected chi connectivity index (χ3v) is 4.14. The number of thiazole rings is 1. The maximum Gasteiger partial charge on any atom is 0.290 e. The van der Waals surface area contributed by atoms with Crippen LogP contribution in [0.1, 0.15) is 28.7 Å². The summed E-state index contributed by atoms with van der Waals surface area (Å²) in [5.74, 6) is 0.223. The summed E-state index contributed by atoms with van der Waals surface area (Å²) in [7, 11) is 0. The molecular weight excluding hydrogens is 310 g/mol. The molecule has 0 aliphatic carbocycles. The van der Waals surface area contributed by atoms with Crippen LogP contribution in [-0.4, -0.2) is 17.1 Å². The SMILES string of the molecule is CCc1ccc(-c2nc(C(=O)N/N=C\c3ccco3)cs2)cc1. The highest BCUT2D eigenvalue weighted by molar-refractivity contribution is 7.13. The van der Waals surface area contributed by atoms with E-state index in [0.717, 1.165) is 17.0 Å². The summed E-state index contributed by atoms with van der Waals surface area (Å²) in [6.07, 6.45) is 3.98. The van der Waals surface area contributed by atoms with Crippen LogP contribution in [0.15, 0.2) is 57.6 Å². The number of rotatable bonds is 5. The Morgan fingerprint density at radius 2 is 2.17 bits per heavy atom. The fourth-order valence-electron chi connectivity index (χ4n) is 1.97. The highest BCUT2D eigenvalue weighted by Crippen LogP contribution is 2.24. The largest absolute Gasteiger partial charge is 0.463 e. The van der Waals surface area contributed by atoms with Crippen molar-refractivity contribution in [2.24, 2.45) is 5.10 Å². The van der Waals surface area contributed by atoms with Crippen molar-refractivity contribution in [1.29, 1.82) is 0 Å². The Kier molecular flexibility index (Phi) is 4.63. The number of aryl methyl sites for hydroxylation is 1. The molecule has 0 aliphatic rings. The minimum atomic E-state index is -0.347. The minimum absolute atomic E-state index is 0.347. The number of nitrogens with zero attached hydrogens (tertiary/aromatic N) is 2. The molecule has 0 bridgehead atoms. The van der Waals surface area contributed by atoms with Crippen molar-refractivity contribution in [3.63, 3.8) is 0 Å². The number of benzene rings is 1. The van der Waals surface area contributed by atoms with Crippen molar-refractivity contribution >= 4 is 23.5 Å². The lowest BCUT2D eigenvalue weighted by molar-refractivity contribution is 0.0951. The molecule has 5 nitrogen and oxygen atoms in total. The molecule has 0 radical (unpaired) electrons. The summed E-state index contributed by atoms with van der Waals surface area (Å²) < 4.78 is 5.09. The van der Waals surface area contributed by atoms with Crippen LogP contribution >= 0.6 is 11.3 Å². The van der Waals surface area contributed by atoms with Gasteiger partial charge in [0.05, 0.1) is 12.5 Å². The number of aromatic nitrogens is 1. The first kappa shape index (κ1) is 15.2. The van der Waals surface area contributed by atoms with E-state index in [9.17, 15) is 4.79 Å². The molecule has 0 fully saturated rings. The molecule has 0 unspecified atom stereocenters. The number of amides is 1. The molecule has 1 N–H and O–H groups in total. The number of nitrogens with one attached hydrogen (secondary N) is 1. The van der Waals surface area contributed by atoms with Crippen molar-refractivity contribution in [3.8, 4) is 10.6 Å². The van der Waals surface area contributed by atoms with Crippen LogP contribution in [0.2, 0.25) is 0 Å². The van der Waals surface area contributed by atoms with E-state index in [0.29, 0.717) is 11.5 Å². The van der Waals surface area contributed by atoms with Crippen molar-refractivity contribution in [3.05, 3.63) is 65.1 Å². The average Bonchev–Trinajstić information content (AvgIpc) is 3.26. The van der Waals surface area contributed by atoms with Crippen molar-refractivity contribution in [2.45, 2.75) is 13.3 Å². The van der Waals surface area contributed by atoms with Gasteiger partial charge in [0.1, 0.15) is 16.5 Å². The molecule has 0 spiro atoms. The highest BCUT2D eigenvalue weighted by Gasteiger charge is 2.11. The smallest absolute Gasteiger partial charge is 0.290 e. The third-order valence-electron chi connectivity index (χ3n) is 3.25. The van der Waals surface area contributed by atoms with Crippen LogP contribution in [0.3, 0.4) is 0 Å². The van der Waals surface area contributed by atoms with Crippen LogP contribution in [0.4, 0.5) is 0 Å². The van der Waals surface area contributed by atoms with Crippen LogP contribution in [-0.2, 0) is 6.42 Å². The fourth-order valence-corrected chi connectivity index (χ4v) is 2.78. The predicted molar refractivity (Wildman–Crippen MR) is 90.7 cm³/mol. The van der Waals surface area contributed by atoms with E-state index in [2.05, 4.69) is 34.6 Å². The van der Waals surface area contributed by atoms with E-state index >= 15 is 0 Å². The van der Waals surface area contributed by atoms with Gasteiger partial charge in [-0.05, 0) is 24.1 Å². The van der Waals surface area contributed by atoms with E-state index in [-0.39, 0.29) is 5.91 Å². The summed E-state index contributed by atoms with van der Waals surface area (Å²) >= 11 is 1.43. The number of carbonyl (C=O) groups is 1. The topological polar surface area (TPSA) is 67.5 Å². The van der Waals surface area contributed by atoms with Crippen LogP contribution in [0.5, 0.6) is 0 Å². The molecule has 1 amide bonds. The Morgan fingerprint density at radius 3 is 2.87 bits per heavy atom. The normalized spacial score (nSPS) is 11.0. The van der Waals surface area contributed by atoms with E-state index in [1.807, 2.05) is 12.1 Å². The number of hydrazone groups is 1. The van der Waals surface area contributed by atoms with Crippen molar-refractivity contribution < 1.29 is 9.21 Å². The molecule has 0 atom stereocenters. The lowest BCUT2D eigenvalue weighted by atomic mass is 10.1. The van der Waals surface area contributed by atoms with Gasteiger partial charge in [0.2, 0.25) is 0 Å². The lowest BCUT2D eigenvalue weighted by Gasteiger charge is -1.99. The zero-order valence-electron chi connectivity index (χ0n) is 12.5. The van der Waals surface area contributed by atoms with Crippen LogP contribution < -0.4 is 5.43 Å². The Balaban J connectivity index is 1.67. The second-order valence-corrected chi connectivity index (χ2v) is 5.66. The standard InChI is InChI=1S/C17H15N3O2S/c1-2-12-5-7-13(8-6-12)17-19-15(11-23-17)16(21)20-18-10-14-4-3-9-22-14/h3-11H,2H2,1H3,(H,20,21)/b18-10-. The van der Waals surface area contributed by atoms with Gasteiger partial charge in [0.15, 0.2) is 0 Å². The maximum absolute atomic E-state index is 12.0. The monoisotopic (exact) mass is 325 g/mol. The Labute approximate surface area is 137 Å². The first-order valence-electron chi connectivity index (χ1n) is 7.18. The van der Waals surface area contributed by atoms with Gasteiger partial charge in [-0.2, -0.15) is 5.10 Å². The zero-order chi connectivity index (χ0) is 16.1. The van der Waals surface area contributed by atoms with Crippen molar-refractivity contribution in [2.75, 3.05) is 0 Å². The summed E-state index contributed by atoms with van der Waals surface area (Å²) in [5.41, 5.74) is 5.06. The van der Waals surface area contributed by atoms with Crippen LogP contribution in [0.25, 0.3) is 10.6 Å². The molecule has 0 saturated heterocycles. The Hall–Kier alpha value is -2.73. The van der Waals surface area contributed by atoms with Gasteiger partial charge >= 0.3 is 0 Å². The maximum atomic E-state index is 12.0. The predicted octanol–water partition coefficient (Wildman–Crippen LogP) is 3.73. The third kappa shape index (κ3) is 3.73. The molecule has 2 heterocycles. The molecule has 2 aromatic heterocycles. The van der Waals surface area contributed by atoms with Gasteiger partial charge in [-0.15, -0.1) is 11.3 Å².